The molecule has 3 N–H and O–H groups in total. The van der Waals surface area contributed by atoms with Crippen LogP contribution >= 0.6 is 0 Å². The molecule has 18 heteroatoms. The van der Waals surface area contributed by atoms with E-state index in [-0.39, 0.29) is 23.2 Å². The molecule has 1 aromatic heterocycles. The normalized spacial score (nSPS) is 14.8. The Morgan fingerprint density at radius 3 is 1.48 bits per heavy atom. The molecule has 1 saturated heterocycles. The maximum absolute atomic E-state index is 13.0. The summed E-state index contributed by atoms with van der Waals surface area (Å²) >= 11 is 0. The van der Waals surface area contributed by atoms with E-state index in [1.807, 2.05) is 0 Å². The number of rotatable bonds is 2. The molecule has 1 aliphatic rings. The second-order valence-electron chi connectivity index (χ2n) is 7.87. The molecule has 0 aliphatic carbocycles. The fraction of sp³-hybridized carbons (Fsp3) is 0.409. The van der Waals surface area contributed by atoms with Crippen molar-refractivity contribution in [3.05, 3.63) is 53.2 Å². The lowest BCUT2D eigenvalue weighted by Gasteiger charge is -2.22. The van der Waals surface area contributed by atoms with Gasteiger partial charge < -0.3 is 15.5 Å². The SMILES string of the molecule is FC(F)(F)c1cc(-c2cccc(C3CCNCC3)n2)cc(C(F)(F)F)c1.O=C(O)C(F)(F)F.O=C(O)C(F)(F)F. The number of benzene rings is 1. The lowest BCUT2D eigenvalue weighted by atomic mass is 9.93. The molecule has 1 aromatic carbocycles. The maximum Gasteiger partial charge on any atom is 0.490 e. The average Bonchev–Trinajstić information content (AvgIpc) is 2.83. The second-order valence-corrected chi connectivity index (χ2v) is 7.87. The minimum Gasteiger partial charge on any atom is -0.475 e. The smallest absolute Gasteiger partial charge is 0.475 e. The minimum atomic E-state index is -5.08. The molecule has 0 atom stereocenters. The molecule has 0 spiro atoms. The number of carbonyl (C=O) groups is 2. The van der Waals surface area contributed by atoms with Gasteiger partial charge in [-0.2, -0.15) is 52.7 Å². The topological polar surface area (TPSA) is 99.5 Å². The third-order valence-electron chi connectivity index (χ3n) is 4.90. The van der Waals surface area contributed by atoms with Gasteiger partial charge in [0.1, 0.15) is 0 Å². The van der Waals surface area contributed by atoms with E-state index < -0.39 is 47.8 Å². The average molecular weight is 602 g/mol. The van der Waals surface area contributed by atoms with E-state index in [4.69, 9.17) is 19.8 Å². The first-order valence-corrected chi connectivity index (χ1v) is 10.6. The van der Waals surface area contributed by atoms with E-state index in [9.17, 15) is 52.7 Å². The van der Waals surface area contributed by atoms with Crippen molar-refractivity contribution in [1.29, 1.82) is 0 Å². The number of hydrogen-bond acceptors (Lipinski definition) is 4. The number of hydrogen-bond donors (Lipinski definition) is 3. The van der Waals surface area contributed by atoms with Crippen LogP contribution in [-0.4, -0.2) is 52.6 Å². The third kappa shape index (κ3) is 11.3. The van der Waals surface area contributed by atoms with Gasteiger partial charge in [-0.05, 0) is 56.3 Å². The van der Waals surface area contributed by atoms with Crippen LogP contribution in [-0.2, 0) is 21.9 Å². The van der Waals surface area contributed by atoms with Crippen molar-refractivity contribution >= 4 is 11.9 Å². The summed E-state index contributed by atoms with van der Waals surface area (Å²) in [4.78, 5) is 22.1. The fourth-order valence-corrected chi connectivity index (χ4v) is 3.06. The van der Waals surface area contributed by atoms with Crippen molar-refractivity contribution in [2.24, 2.45) is 0 Å². The molecule has 0 bridgehead atoms. The molecule has 2 aromatic rings. The molecule has 0 saturated carbocycles. The van der Waals surface area contributed by atoms with Crippen LogP contribution in [0.3, 0.4) is 0 Å². The lowest BCUT2D eigenvalue weighted by molar-refractivity contribution is -0.193. The molecular formula is C22H18F12N2O4. The number of aromatic nitrogens is 1. The highest BCUT2D eigenvalue weighted by Gasteiger charge is 2.39. The third-order valence-corrected chi connectivity index (χ3v) is 4.90. The summed E-state index contributed by atoms with van der Waals surface area (Å²) in [6, 6.07) is 6.36. The number of alkyl halides is 12. The van der Waals surface area contributed by atoms with E-state index >= 15 is 0 Å². The van der Waals surface area contributed by atoms with E-state index in [2.05, 4.69) is 10.3 Å². The summed E-state index contributed by atoms with van der Waals surface area (Å²) < 4.78 is 142. The number of piperidine rings is 1. The first-order valence-electron chi connectivity index (χ1n) is 10.6. The molecule has 2 heterocycles. The van der Waals surface area contributed by atoms with Crippen LogP contribution in [0.2, 0.25) is 0 Å². The highest BCUT2D eigenvalue weighted by atomic mass is 19.4. The number of nitrogens with zero attached hydrogens (tertiary/aromatic N) is 1. The van der Waals surface area contributed by atoms with Crippen molar-refractivity contribution in [3.8, 4) is 11.3 Å². The van der Waals surface area contributed by atoms with Gasteiger partial charge in [-0.1, -0.05) is 6.07 Å². The monoisotopic (exact) mass is 602 g/mol. The van der Waals surface area contributed by atoms with Gasteiger partial charge in [0.15, 0.2) is 0 Å². The molecule has 1 fully saturated rings. The van der Waals surface area contributed by atoms with Crippen LogP contribution in [0.4, 0.5) is 52.7 Å². The zero-order valence-electron chi connectivity index (χ0n) is 19.6. The Bertz CT molecular complexity index is 1100. The van der Waals surface area contributed by atoms with Crippen LogP contribution in [0.1, 0.15) is 35.6 Å². The first-order chi connectivity index (χ1) is 18.0. The van der Waals surface area contributed by atoms with Crippen LogP contribution < -0.4 is 5.32 Å². The van der Waals surface area contributed by atoms with Gasteiger partial charge in [-0.25, -0.2) is 9.59 Å². The Labute approximate surface area is 216 Å². The van der Waals surface area contributed by atoms with E-state index in [1.54, 1.807) is 12.1 Å². The van der Waals surface area contributed by atoms with Crippen molar-refractivity contribution in [3.63, 3.8) is 0 Å². The van der Waals surface area contributed by atoms with Crippen LogP contribution in [0.25, 0.3) is 11.3 Å². The predicted octanol–water partition coefficient (Wildman–Crippen LogP) is 6.52. The fourth-order valence-electron chi connectivity index (χ4n) is 3.06. The predicted molar refractivity (Wildman–Crippen MR) is 112 cm³/mol. The summed E-state index contributed by atoms with van der Waals surface area (Å²) in [5.41, 5.74) is -2.07. The minimum absolute atomic E-state index is 0.109. The number of aliphatic carboxylic acids is 2. The van der Waals surface area contributed by atoms with Crippen LogP contribution in [0, 0.1) is 0 Å². The number of nitrogens with one attached hydrogen (secondary N) is 1. The molecule has 0 amide bonds. The maximum atomic E-state index is 13.0. The van der Waals surface area contributed by atoms with Gasteiger partial charge in [-0.3, -0.25) is 4.98 Å². The summed E-state index contributed by atoms with van der Waals surface area (Å²) in [5.74, 6) is -5.37. The van der Waals surface area contributed by atoms with Gasteiger partial charge >= 0.3 is 36.6 Å². The second kappa shape index (κ2) is 13.2. The Morgan fingerprint density at radius 1 is 0.725 bits per heavy atom. The van der Waals surface area contributed by atoms with E-state index in [1.165, 1.54) is 6.07 Å². The standard InChI is InChI=1S/C18H16F6N2.2C2HF3O2/c19-17(20,21)13-8-12(9-14(10-13)18(22,23)24)16-3-1-2-15(26-16)11-4-6-25-7-5-11;2*3-2(4,5)1(6)7/h1-3,8-11,25H,4-7H2;2*(H,6,7). The largest absolute Gasteiger partial charge is 0.490 e. The van der Waals surface area contributed by atoms with Gasteiger partial charge in [0.05, 0.1) is 16.8 Å². The molecular weight excluding hydrogens is 584 g/mol. The zero-order valence-corrected chi connectivity index (χ0v) is 19.6. The number of carboxylic acids is 2. The summed E-state index contributed by atoms with van der Waals surface area (Å²) in [6.45, 7) is 1.61. The summed E-state index contributed by atoms with van der Waals surface area (Å²) in [7, 11) is 0. The Kier molecular flexibility index (Phi) is 11.4. The van der Waals surface area contributed by atoms with Crippen LogP contribution in [0.15, 0.2) is 36.4 Å². The van der Waals surface area contributed by atoms with Gasteiger partial charge in [0, 0.05) is 17.2 Å². The number of pyridine rings is 1. The zero-order chi connectivity index (χ0) is 31.1. The molecule has 40 heavy (non-hydrogen) atoms. The lowest BCUT2D eigenvalue weighted by Crippen LogP contribution is -2.27. The van der Waals surface area contributed by atoms with Gasteiger partial charge in [-0.15, -0.1) is 0 Å². The Morgan fingerprint density at radius 2 is 1.12 bits per heavy atom. The molecule has 1 aliphatic heterocycles. The van der Waals surface area contributed by atoms with Crippen molar-refractivity contribution in [2.45, 2.75) is 43.5 Å². The van der Waals surface area contributed by atoms with Crippen molar-refractivity contribution in [1.82, 2.24) is 10.3 Å². The Hall–Kier alpha value is -3.57. The Balaban J connectivity index is 0.000000473. The quantitative estimate of drug-likeness (QED) is 0.339. The molecule has 0 radical (unpaired) electrons. The van der Waals surface area contributed by atoms with Gasteiger partial charge in [0.25, 0.3) is 0 Å². The number of carboxylic acid groups (broad SMARTS) is 2. The molecule has 3 rings (SSSR count). The highest BCUT2D eigenvalue weighted by molar-refractivity contribution is 5.73. The van der Waals surface area contributed by atoms with Crippen molar-refractivity contribution < 1.29 is 72.5 Å². The summed E-state index contributed by atoms with van der Waals surface area (Å²) in [5, 5.41) is 17.5. The van der Waals surface area contributed by atoms with Crippen molar-refractivity contribution in [2.75, 3.05) is 13.1 Å². The first kappa shape index (κ1) is 34.5. The van der Waals surface area contributed by atoms with E-state index in [0.717, 1.165) is 25.9 Å². The van der Waals surface area contributed by atoms with Gasteiger partial charge in [0.2, 0.25) is 0 Å². The molecule has 0 unspecified atom stereocenters. The highest BCUT2D eigenvalue weighted by Crippen LogP contribution is 2.38. The number of halogens is 12. The summed E-state index contributed by atoms with van der Waals surface area (Å²) in [6.07, 6.45) is -18.3. The van der Waals surface area contributed by atoms with Crippen LogP contribution in [0.5, 0.6) is 0 Å². The molecule has 6 nitrogen and oxygen atoms in total. The van der Waals surface area contributed by atoms with E-state index in [0.29, 0.717) is 17.8 Å². The molecule has 224 valence electrons.